The fourth-order valence-electron chi connectivity index (χ4n) is 1.66. The number of unbranched alkanes of at least 4 members (excludes halogenated alkanes) is 3. The van der Waals surface area contributed by atoms with Gasteiger partial charge in [0.25, 0.3) is 0 Å². The quantitative estimate of drug-likeness (QED) is 0.409. The zero-order valence-electron chi connectivity index (χ0n) is 11.6. The molecule has 0 saturated heterocycles. The summed E-state index contributed by atoms with van der Waals surface area (Å²) in [5.74, 6) is 0.269. The van der Waals surface area contributed by atoms with Crippen molar-refractivity contribution in [3.63, 3.8) is 0 Å². The third-order valence-electron chi connectivity index (χ3n) is 2.86. The molecule has 103 valence electrons. The molecule has 0 spiro atoms. The van der Waals surface area contributed by atoms with E-state index in [-0.39, 0.29) is 11.9 Å². The van der Waals surface area contributed by atoms with Gasteiger partial charge in [0.05, 0.1) is 5.92 Å². The zero-order chi connectivity index (χ0) is 14.1. The molecule has 0 aliphatic heterocycles. The SMILES string of the molecule is CC(C)C(=O)Oc1ccc(CCCCC[C]=O)cc1. The summed E-state index contributed by atoms with van der Waals surface area (Å²) in [6.07, 6.45) is 6.43. The van der Waals surface area contributed by atoms with Gasteiger partial charge in [0.15, 0.2) is 6.29 Å². The lowest BCUT2D eigenvalue weighted by Gasteiger charge is -2.07. The summed E-state index contributed by atoms with van der Waals surface area (Å²) in [5, 5.41) is 0. The highest BCUT2D eigenvalue weighted by Gasteiger charge is 2.09. The minimum absolute atomic E-state index is 0.116. The summed E-state index contributed by atoms with van der Waals surface area (Å²) in [6.45, 7) is 3.63. The van der Waals surface area contributed by atoms with Crippen LogP contribution in [0.4, 0.5) is 0 Å². The number of ether oxygens (including phenoxy) is 1. The van der Waals surface area contributed by atoms with E-state index in [1.165, 1.54) is 5.56 Å². The van der Waals surface area contributed by atoms with Crippen LogP contribution in [0.25, 0.3) is 0 Å². The van der Waals surface area contributed by atoms with Gasteiger partial charge in [-0.25, -0.2) is 0 Å². The van der Waals surface area contributed by atoms with E-state index >= 15 is 0 Å². The van der Waals surface area contributed by atoms with Crippen molar-refractivity contribution in [1.82, 2.24) is 0 Å². The molecule has 0 amide bonds. The van der Waals surface area contributed by atoms with Gasteiger partial charge in [-0.15, -0.1) is 0 Å². The lowest BCUT2D eigenvalue weighted by Crippen LogP contribution is -2.14. The molecule has 0 N–H and O–H groups in total. The molecule has 3 heteroatoms. The van der Waals surface area contributed by atoms with E-state index in [1.54, 1.807) is 0 Å². The molecule has 1 rings (SSSR count). The van der Waals surface area contributed by atoms with E-state index in [2.05, 4.69) is 0 Å². The van der Waals surface area contributed by atoms with Crippen LogP contribution in [0.5, 0.6) is 5.75 Å². The fraction of sp³-hybridized carbons (Fsp3) is 0.500. The number of carbonyl (C=O) groups excluding carboxylic acids is 2. The van der Waals surface area contributed by atoms with Crippen LogP contribution in [0.2, 0.25) is 0 Å². The molecule has 0 saturated carbocycles. The van der Waals surface area contributed by atoms with Gasteiger partial charge in [0, 0.05) is 6.42 Å². The average molecular weight is 261 g/mol. The first kappa shape index (κ1) is 15.4. The number of hydrogen-bond donors (Lipinski definition) is 0. The smallest absolute Gasteiger partial charge is 0.313 e. The summed E-state index contributed by atoms with van der Waals surface area (Å²) in [5.41, 5.74) is 1.22. The van der Waals surface area contributed by atoms with Gasteiger partial charge in [-0.2, -0.15) is 0 Å². The molecule has 0 aliphatic rings. The highest BCUT2D eigenvalue weighted by molar-refractivity contribution is 5.74. The van der Waals surface area contributed by atoms with Crippen molar-refractivity contribution in [3.05, 3.63) is 29.8 Å². The minimum Gasteiger partial charge on any atom is -0.426 e. The van der Waals surface area contributed by atoms with Gasteiger partial charge in [0.2, 0.25) is 0 Å². The molecule has 0 atom stereocenters. The molecule has 19 heavy (non-hydrogen) atoms. The van der Waals surface area contributed by atoms with Gasteiger partial charge >= 0.3 is 5.97 Å². The molecule has 1 radical (unpaired) electrons. The van der Waals surface area contributed by atoms with Crippen molar-refractivity contribution in [3.8, 4) is 5.75 Å². The first-order valence-corrected chi connectivity index (χ1v) is 6.79. The average Bonchev–Trinajstić information content (AvgIpc) is 2.40. The van der Waals surface area contributed by atoms with E-state index in [0.717, 1.165) is 25.7 Å². The summed E-state index contributed by atoms with van der Waals surface area (Å²) in [7, 11) is 0. The number of esters is 1. The lowest BCUT2D eigenvalue weighted by molar-refractivity contribution is -0.137. The fourth-order valence-corrected chi connectivity index (χ4v) is 1.66. The molecule has 3 nitrogen and oxygen atoms in total. The molecule has 0 aromatic heterocycles. The maximum Gasteiger partial charge on any atom is 0.313 e. The van der Waals surface area contributed by atoms with E-state index in [9.17, 15) is 9.59 Å². The van der Waals surface area contributed by atoms with Crippen LogP contribution in [0.15, 0.2) is 24.3 Å². The van der Waals surface area contributed by atoms with Crippen molar-refractivity contribution >= 4 is 12.3 Å². The molecule has 0 unspecified atom stereocenters. The Hall–Kier alpha value is -1.64. The van der Waals surface area contributed by atoms with Crippen molar-refractivity contribution in [2.24, 2.45) is 5.92 Å². The second-order valence-electron chi connectivity index (χ2n) is 4.92. The first-order chi connectivity index (χ1) is 9.13. The molecular weight excluding hydrogens is 240 g/mol. The number of carbonyl (C=O) groups is 1. The van der Waals surface area contributed by atoms with Crippen LogP contribution >= 0.6 is 0 Å². The number of hydrogen-bond acceptors (Lipinski definition) is 3. The maximum absolute atomic E-state index is 11.4. The topological polar surface area (TPSA) is 43.4 Å². The molecule has 0 heterocycles. The van der Waals surface area contributed by atoms with Crippen molar-refractivity contribution < 1.29 is 14.3 Å². The van der Waals surface area contributed by atoms with Crippen molar-refractivity contribution in [2.45, 2.75) is 46.0 Å². The van der Waals surface area contributed by atoms with Crippen LogP contribution in [0.3, 0.4) is 0 Å². The van der Waals surface area contributed by atoms with Crippen LogP contribution < -0.4 is 4.74 Å². The maximum atomic E-state index is 11.4. The van der Waals surface area contributed by atoms with Crippen molar-refractivity contribution in [1.29, 1.82) is 0 Å². The summed E-state index contributed by atoms with van der Waals surface area (Å²) in [6, 6.07) is 7.62. The Balaban J connectivity index is 2.35. The largest absolute Gasteiger partial charge is 0.426 e. The predicted molar refractivity (Wildman–Crippen MR) is 74.8 cm³/mol. The molecule has 0 fully saturated rings. The Morgan fingerprint density at radius 3 is 2.42 bits per heavy atom. The number of rotatable bonds is 8. The second-order valence-corrected chi connectivity index (χ2v) is 4.92. The lowest BCUT2D eigenvalue weighted by atomic mass is 10.1. The van der Waals surface area contributed by atoms with E-state index in [4.69, 9.17) is 4.74 Å². The third-order valence-corrected chi connectivity index (χ3v) is 2.86. The Morgan fingerprint density at radius 2 is 1.84 bits per heavy atom. The Bertz CT molecular complexity index is 393. The Labute approximate surface area is 115 Å². The van der Waals surface area contributed by atoms with Crippen LogP contribution in [-0.2, 0) is 16.0 Å². The normalized spacial score (nSPS) is 10.5. The zero-order valence-corrected chi connectivity index (χ0v) is 11.6. The van der Waals surface area contributed by atoms with Gasteiger partial charge in [-0.1, -0.05) is 32.4 Å². The van der Waals surface area contributed by atoms with E-state index in [1.807, 2.05) is 44.4 Å². The highest BCUT2D eigenvalue weighted by atomic mass is 16.5. The second kappa shape index (κ2) is 8.46. The monoisotopic (exact) mass is 261 g/mol. The third kappa shape index (κ3) is 6.18. The Morgan fingerprint density at radius 1 is 1.16 bits per heavy atom. The van der Waals surface area contributed by atoms with Crippen LogP contribution in [0, 0.1) is 5.92 Å². The predicted octanol–water partition coefficient (Wildman–Crippen LogP) is 3.46. The minimum atomic E-state index is -0.210. The molecule has 1 aromatic rings. The summed E-state index contributed by atoms with van der Waals surface area (Å²) in [4.78, 5) is 21.5. The van der Waals surface area contributed by atoms with Crippen LogP contribution in [-0.4, -0.2) is 12.3 Å². The van der Waals surface area contributed by atoms with Gasteiger partial charge < -0.3 is 4.74 Å². The number of aryl methyl sites for hydroxylation is 1. The molecular formula is C16H21O3. The Kier molecular flexibility index (Phi) is 6.86. The first-order valence-electron chi connectivity index (χ1n) is 6.79. The van der Waals surface area contributed by atoms with Gasteiger partial charge in [-0.3, -0.25) is 9.59 Å². The van der Waals surface area contributed by atoms with Crippen LogP contribution in [0.1, 0.15) is 45.1 Å². The highest BCUT2D eigenvalue weighted by Crippen LogP contribution is 2.15. The number of benzene rings is 1. The molecule has 1 aromatic carbocycles. The summed E-state index contributed by atoms with van der Waals surface area (Å²) >= 11 is 0. The van der Waals surface area contributed by atoms with E-state index < -0.39 is 0 Å². The van der Waals surface area contributed by atoms with Gasteiger partial charge in [0.1, 0.15) is 5.75 Å². The van der Waals surface area contributed by atoms with E-state index in [0.29, 0.717) is 12.2 Å². The van der Waals surface area contributed by atoms with Gasteiger partial charge in [-0.05, 0) is 37.0 Å². The standard InChI is InChI=1S/C16H21O3/c1-13(2)16(18)19-15-10-8-14(9-11-15)7-5-3-4-6-12-17/h8-11,13H,3-7H2,1-2H3. The molecule has 0 bridgehead atoms. The summed E-state index contributed by atoms with van der Waals surface area (Å²) < 4.78 is 5.21. The molecule has 0 aliphatic carbocycles. The van der Waals surface area contributed by atoms with Crippen molar-refractivity contribution in [2.75, 3.05) is 0 Å².